The first-order chi connectivity index (χ1) is 5.22. The highest BCUT2D eigenvalue weighted by atomic mass is 35.5. The molecular weight excluding hydrogens is 182 g/mol. The maximum absolute atomic E-state index is 10.6. The van der Waals surface area contributed by atoms with Crippen molar-refractivity contribution in [3.63, 3.8) is 0 Å². The van der Waals surface area contributed by atoms with Crippen molar-refractivity contribution < 1.29 is 27.0 Å². The summed E-state index contributed by atoms with van der Waals surface area (Å²) in [6.45, 7) is 0.136. The average Bonchev–Trinajstić information content (AvgIpc) is 2.35. The lowest BCUT2D eigenvalue weighted by molar-refractivity contribution is -0.671. The highest BCUT2D eigenvalue weighted by molar-refractivity contribution is 5.74. The monoisotopic (exact) mass is 191 g/mol. The Balaban J connectivity index is 0.00000121. The van der Waals surface area contributed by atoms with E-state index in [9.17, 15) is 4.79 Å². The van der Waals surface area contributed by atoms with Crippen LogP contribution in [0, 0.1) is 0 Å². The first-order valence-electron chi connectivity index (χ1n) is 3.16. The van der Waals surface area contributed by atoms with Crippen molar-refractivity contribution in [2.75, 3.05) is 0 Å². The van der Waals surface area contributed by atoms with Gasteiger partial charge in [-0.25, -0.2) is 14.6 Å². The number of nitrogens with zero attached hydrogens (tertiary/aromatic N) is 2. The molecule has 6 heteroatoms. The largest absolute Gasteiger partial charge is 1.00 e. The molecule has 2 N–H and O–H groups in total. The summed E-state index contributed by atoms with van der Waals surface area (Å²) >= 11 is 0. The Labute approximate surface area is 76.0 Å². The zero-order valence-corrected chi connectivity index (χ0v) is 7.32. The molecule has 1 aromatic rings. The summed E-state index contributed by atoms with van der Waals surface area (Å²) in [4.78, 5) is 10.6. The highest BCUT2D eigenvalue weighted by Crippen LogP contribution is 1.82. The summed E-state index contributed by atoms with van der Waals surface area (Å²) in [6.07, 6.45) is 5.30. The number of carbonyl (C=O) groups is 1. The summed E-state index contributed by atoms with van der Waals surface area (Å²) < 4.78 is 3.47. The molecule has 0 saturated carbocycles. The van der Waals surface area contributed by atoms with Crippen molar-refractivity contribution in [1.29, 1.82) is 0 Å². The number of aromatic nitrogens is 2. The van der Waals surface area contributed by atoms with Gasteiger partial charge in [0.05, 0.1) is 7.05 Å². The van der Waals surface area contributed by atoms with Gasteiger partial charge in [-0.15, -0.1) is 0 Å². The number of nitrogens with one attached hydrogen (secondary N) is 1. The van der Waals surface area contributed by atoms with Crippen molar-refractivity contribution in [2.24, 2.45) is 7.05 Å². The van der Waals surface area contributed by atoms with Crippen LogP contribution in [-0.4, -0.2) is 15.7 Å². The van der Waals surface area contributed by atoms with Gasteiger partial charge in [-0.05, 0) is 0 Å². The number of hydroxylamine groups is 1. The second-order valence-corrected chi connectivity index (χ2v) is 2.29. The van der Waals surface area contributed by atoms with E-state index in [1.807, 2.05) is 17.8 Å². The fourth-order valence-electron chi connectivity index (χ4n) is 0.796. The third-order valence-corrected chi connectivity index (χ3v) is 1.27. The number of amides is 1. The van der Waals surface area contributed by atoms with Crippen molar-refractivity contribution in [3.8, 4) is 0 Å². The lowest BCUT2D eigenvalue weighted by atomic mass is 10.6. The molecular formula is C6H10ClN3O2. The van der Waals surface area contributed by atoms with Crippen LogP contribution in [0.25, 0.3) is 0 Å². The molecule has 0 atom stereocenters. The molecule has 12 heavy (non-hydrogen) atoms. The minimum Gasteiger partial charge on any atom is -1.00 e. The van der Waals surface area contributed by atoms with E-state index in [1.165, 1.54) is 0 Å². The number of imidazole rings is 1. The molecule has 0 aromatic carbocycles. The van der Waals surface area contributed by atoms with Crippen LogP contribution < -0.4 is 22.5 Å². The van der Waals surface area contributed by atoms with Gasteiger partial charge in [0.25, 0.3) is 5.91 Å². The third-order valence-electron chi connectivity index (χ3n) is 1.27. The topological polar surface area (TPSA) is 58.1 Å². The zero-order chi connectivity index (χ0) is 8.27. The van der Waals surface area contributed by atoms with E-state index >= 15 is 0 Å². The summed E-state index contributed by atoms with van der Waals surface area (Å²) in [5.41, 5.74) is 1.55. The molecule has 0 aliphatic rings. The Hall–Kier alpha value is -1.07. The second-order valence-electron chi connectivity index (χ2n) is 2.29. The van der Waals surface area contributed by atoms with Gasteiger partial charge in [0.1, 0.15) is 12.4 Å². The summed E-state index contributed by atoms with van der Waals surface area (Å²) in [6, 6.07) is 0. The molecule has 0 aliphatic carbocycles. The van der Waals surface area contributed by atoms with Crippen LogP contribution in [0.5, 0.6) is 0 Å². The molecule has 0 fully saturated rings. The standard InChI is InChI=1S/C6H9N3O2.ClH/c1-8-2-3-9(5-8)4-6(10)7-11;/h2-3,5H,4H2,1H3,(H-,7,10,11);1H. The van der Waals surface area contributed by atoms with Crippen LogP contribution in [0.15, 0.2) is 18.7 Å². The number of rotatable bonds is 2. The fraction of sp³-hybridized carbons (Fsp3) is 0.333. The number of hydrogen-bond acceptors (Lipinski definition) is 2. The first kappa shape index (κ1) is 10.9. The van der Waals surface area contributed by atoms with Crippen LogP contribution >= 0.6 is 0 Å². The predicted molar refractivity (Wildman–Crippen MR) is 35.5 cm³/mol. The molecule has 1 rings (SSSR count). The minimum atomic E-state index is -0.429. The van der Waals surface area contributed by atoms with Gasteiger partial charge in [-0.2, -0.15) is 0 Å². The molecule has 0 saturated heterocycles. The van der Waals surface area contributed by atoms with Crippen LogP contribution in [0.1, 0.15) is 0 Å². The van der Waals surface area contributed by atoms with Crippen LogP contribution in [0.3, 0.4) is 0 Å². The van der Waals surface area contributed by atoms with Gasteiger partial charge < -0.3 is 12.4 Å². The lowest BCUT2D eigenvalue weighted by Crippen LogP contribution is -3.00. The van der Waals surface area contributed by atoms with E-state index in [0.29, 0.717) is 0 Å². The molecule has 5 nitrogen and oxygen atoms in total. The van der Waals surface area contributed by atoms with Gasteiger partial charge >= 0.3 is 0 Å². The number of carbonyl (C=O) groups excluding carboxylic acids is 1. The van der Waals surface area contributed by atoms with Crippen LogP contribution in [0.2, 0.25) is 0 Å². The van der Waals surface area contributed by atoms with E-state index in [1.54, 1.807) is 22.6 Å². The lowest BCUT2D eigenvalue weighted by Gasteiger charge is -1.92. The maximum atomic E-state index is 10.6. The smallest absolute Gasteiger partial charge is 0.285 e. The van der Waals surface area contributed by atoms with Gasteiger partial charge in [0.15, 0.2) is 6.54 Å². The highest BCUT2D eigenvalue weighted by Gasteiger charge is 2.05. The van der Waals surface area contributed by atoms with E-state index in [2.05, 4.69) is 0 Å². The van der Waals surface area contributed by atoms with E-state index in [-0.39, 0.29) is 19.0 Å². The summed E-state index contributed by atoms with van der Waals surface area (Å²) in [7, 11) is 1.85. The second kappa shape index (κ2) is 4.74. The van der Waals surface area contributed by atoms with Crippen molar-refractivity contribution in [3.05, 3.63) is 18.7 Å². The fourth-order valence-corrected chi connectivity index (χ4v) is 0.796. The average molecular weight is 192 g/mol. The van der Waals surface area contributed by atoms with Crippen molar-refractivity contribution in [1.82, 2.24) is 10.0 Å². The molecule has 1 amide bonds. The zero-order valence-electron chi connectivity index (χ0n) is 6.57. The molecule has 0 unspecified atom stereocenters. The Kier molecular flexibility index (Phi) is 4.31. The molecule has 68 valence electrons. The maximum Gasteiger partial charge on any atom is 0.285 e. The first-order valence-corrected chi connectivity index (χ1v) is 3.16. The Bertz CT molecular complexity index is 261. The van der Waals surface area contributed by atoms with Crippen molar-refractivity contribution in [2.45, 2.75) is 6.54 Å². The summed E-state index contributed by atoms with van der Waals surface area (Å²) in [5, 5.41) is 8.18. The number of hydrogen-bond donors (Lipinski definition) is 2. The molecule has 0 radical (unpaired) electrons. The van der Waals surface area contributed by atoms with E-state index in [0.717, 1.165) is 0 Å². The molecule has 0 spiro atoms. The molecule has 0 aliphatic heterocycles. The van der Waals surface area contributed by atoms with Gasteiger partial charge in [0.2, 0.25) is 6.33 Å². The Morgan fingerprint density at radius 2 is 2.42 bits per heavy atom. The Morgan fingerprint density at radius 1 is 1.75 bits per heavy atom. The van der Waals surface area contributed by atoms with Crippen LogP contribution in [-0.2, 0) is 18.4 Å². The van der Waals surface area contributed by atoms with Gasteiger partial charge in [0, 0.05) is 0 Å². The number of halogens is 1. The van der Waals surface area contributed by atoms with E-state index in [4.69, 9.17) is 5.21 Å². The SMILES string of the molecule is C[n+]1ccn(CC(=O)NO)c1.[Cl-]. The Morgan fingerprint density at radius 3 is 2.83 bits per heavy atom. The number of aryl methyl sites for hydroxylation is 1. The van der Waals surface area contributed by atoms with Gasteiger partial charge in [-0.3, -0.25) is 10.0 Å². The summed E-state index contributed by atoms with van der Waals surface area (Å²) in [5.74, 6) is -0.429. The third kappa shape index (κ3) is 2.89. The molecule has 1 aromatic heterocycles. The molecule has 1 heterocycles. The normalized spacial score (nSPS) is 8.83. The molecule has 0 bridgehead atoms. The quantitative estimate of drug-likeness (QED) is 0.283. The minimum absolute atomic E-state index is 0. The van der Waals surface area contributed by atoms with E-state index < -0.39 is 5.91 Å². The van der Waals surface area contributed by atoms with Crippen molar-refractivity contribution >= 4 is 5.91 Å². The predicted octanol–water partition coefficient (Wildman–Crippen LogP) is -4.18. The van der Waals surface area contributed by atoms with Crippen LogP contribution in [0.4, 0.5) is 0 Å². The van der Waals surface area contributed by atoms with Gasteiger partial charge in [-0.1, -0.05) is 0 Å².